The fraction of sp³-hybridized carbons (Fsp3) is 0.148. The van der Waals surface area contributed by atoms with E-state index in [9.17, 15) is 14.4 Å². The summed E-state index contributed by atoms with van der Waals surface area (Å²) in [7, 11) is 0. The number of aryl methyl sites for hydroxylation is 1. The maximum absolute atomic E-state index is 13.6. The molecule has 0 bridgehead atoms. The highest BCUT2D eigenvalue weighted by Gasteiger charge is 2.21. The number of aromatic nitrogens is 4. The second kappa shape index (κ2) is 8.64. The molecule has 0 saturated heterocycles. The van der Waals surface area contributed by atoms with Crippen LogP contribution >= 0.6 is 0 Å². The van der Waals surface area contributed by atoms with E-state index in [1.807, 2.05) is 31.2 Å². The lowest BCUT2D eigenvalue weighted by Crippen LogP contribution is -2.24. The van der Waals surface area contributed by atoms with Crippen molar-refractivity contribution in [1.82, 2.24) is 18.9 Å². The van der Waals surface area contributed by atoms with Gasteiger partial charge in [0.1, 0.15) is 5.82 Å². The molecule has 0 fully saturated rings. The van der Waals surface area contributed by atoms with Crippen molar-refractivity contribution in [2.24, 2.45) is 5.73 Å². The number of imidazole rings is 1. The van der Waals surface area contributed by atoms with E-state index in [-0.39, 0.29) is 17.2 Å². The second-order valence-electron chi connectivity index (χ2n) is 8.36. The fourth-order valence-electron chi connectivity index (χ4n) is 4.32. The molecule has 0 radical (unpaired) electrons. The van der Waals surface area contributed by atoms with Crippen molar-refractivity contribution in [3.8, 4) is 11.3 Å². The van der Waals surface area contributed by atoms with Gasteiger partial charge in [-0.2, -0.15) is 0 Å². The third-order valence-corrected chi connectivity index (χ3v) is 6.03. The average molecular weight is 466 g/mol. The summed E-state index contributed by atoms with van der Waals surface area (Å²) in [5.74, 6) is -0.0216. The number of carbonyl (C=O) groups is 2. The lowest BCUT2D eigenvalue weighted by atomic mass is 10.1. The number of rotatable bonds is 6. The molecule has 0 aliphatic heterocycles. The van der Waals surface area contributed by atoms with Gasteiger partial charge in [0, 0.05) is 29.4 Å². The molecule has 0 spiro atoms. The maximum Gasteiger partial charge on any atom is 0.261 e. The van der Waals surface area contributed by atoms with Crippen LogP contribution in [-0.4, -0.2) is 30.6 Å². The summed E-state index contributed by atoms with van der Waals surface area (Å²) in [5, 5.41) is 0.394. The third-order valence-electron chi connectivity index (χ3n) is 6.03. The predicted molar refractivity (Wildman–Crippen MR) is 134 cm³/mol. The van der Waals surface area contributed by atoms with Crippen molar-refractivity contribution in [1.29, 1.82) is 0 Å². The number of primary amides is 1. The minimum Gasteiger partial charge on any atom is -0.366 e. The summed E-state index contributed by atoms with van der Waals surface area (Å²) >= 11 is 0. The van der Waals surface area contributed by atoms with E-state index in [4.69, 9.17) is 5.73 Å². The number of fused-ring (bicyclic) bond motifs is 2. The van der Waals surface area contributed by atoms with Crippen LogP contribution in [0.3, 0.4) is 0 Å². The topological polar surface area (TPSA) is 112 Å². The van der Waals surface area contributed by atoms with E-state index in [0.29, 0.717) is 51.2 Å². The first-order valence-corrected chi connectivity index (χ1v) is 11.3. The quantitative estimate of drug-likeness (QED) is 0.384. The van der Waals surface area contributed by atoms with Gasteiger partial charge in [0.2, 0.25) is 11.7 Å². The molecule has 1 amide bonds. The van der Waals surface area contributed by atoms with Gasteiger partial charge >= 0.3 is 0 Å². The lowest BCUT2D eigenvalue weighted by molar-refractivity contribution is 0.0998. The van der Waals surface area contributed by atoms with E-state index >= 15 is 0 Å². The molecule has 0 aliphatic rings. The summed E-state index contributed by atoms with van der Waals surface area (Å²) in [4.78, 5) is 47.6. The average Bonchev–Trinajstić information content (AvgIpc) is 3.26. The zero-order valence-electron chi connectivity index (χ0n) is 19.4. The Balaban J connectivity index is 1.66. The minimum absolute atomic E-state index is 0.166. The summed E-state index contributed by atoms with van der Waals surface area (Å²) in [6.45, 7) is 4.36. The zero-order valence-corrected chi connectivity index (χ0v) is 19.4. The van der Waals surface area contributed by atoms with Crippen LogP contribution in [0.4, 0.5) is 0 Å². The molecule has 0 atom stereocenters. The molecule has 0 aliphatic carbocycles. The highest BCUT2D eigenvalue weighted by molar-refractivity contribution is 6.09. The largest absolute Gasteiger partial charge is 0.366 e. The molecular weight excluding hydrogens is 442 g/mol. The van der Waals surface area contributed by atoms with E-state index in [2.05, 4.69) is 9.97 Å². The normalized spacial score (nSPS) is 11.3. The molecule has 2 aromatic carbocycles. The molecule has 3 heterocycles. The Hall–Kier alpha value is -4.59. The van der Waals surface area contributed by atoms with Gasteiger partial charge in [-0.25, -0.2) is 9.97 Å². The number of nitrogens with two attached hydrogens (primary N) is 1. The molecule has 3 aromatic heterocycles. The van der Waals surface area contributed by atoms with Gasteiger partial charge < -0.3 is 5.73 Å². The van der Waals surface area contributed by atoms with Gasteiger partial charge in [0.15, 0.2) is 5.82 Å². The van der Waals surface area contributed by atoms with Gasteiger partial charge in [-0.1, -0.05) is 25.1 Å². The first kappa shape index (κ1) is 22.2. The van der Waals surface area contributed by atoms with Gasteiger partial charge in [-0.3, -0.25) is 23.4 Å². The van der Waals surface area contributed by atoms with Gasteiger partial charge in [-0.05, 0) is 55.8 Å². The molecule has 8 heteroatoms. The monoisotopic (exact) mass is 465 g/mol. The molecule has 5 rings (SSSR count). The molecular formula is C27H23N5O3. The standard InChI is InChI=1S/C27H23N5O3/c1-3-12-31-16(2)29-21-11-10-18(15-20(21)27(31)35)24(33)26-30-23(22-9-4-5-13-32(22)26)17-7-6-8-19(14-17)25(28)34/h4-11,13-15H,3,12H2,1-2H3,(H2,28,34). The van der Waals surface area contributed by atoms with Crippen molar-refractivity contribution in [3.63, 3.8) is 0 Å². The fourth-order valence-corrected chi connectivity index (χ4v) is 4.32. The van der Waals surface area contributed by atoms with E-state index in [1.165, 1.54) is 0 Å². The Bertz CT molecular complexity index is 1700. The van der Waals surface area contributed by atoms with Crippen molar-refractivity contribution in [3.05, 3.63) is 100.0 Å². The van der Waals surface area contributed by atoms with Crippen LogP contribution in [0.5, 0.6) is 0 Å². The zero-order chi connectivity index (χ0) is 24.7. The molecule has 5 aromatic rings. The molecule has 35 heavy (non-hydrogen) atoms. The third kappa shape index (κ3) is 3.78. The van der Waals surface area contributed by atoms with Crippen molar-refractivity contribution in [2.75, 3.05) is 0 Å². The number of amides is 1. The summed E-state index contributed by atoms with van der Waals surface area (Å²) in [6, 6.07) is 17.3. The number of hydrogen-bond donors (Lipinski definition) is 1. The highest BCUT2D eigenvalue weighted by Crippen LogP contribution is 2.27. The first-order valence-electron chi connectivity index (χ1n) is 11.3. The molecule has 0 unspecified atom stereocenters. The predicted octanol–water partition coefficient (Wildman–Crippen LogP) is 3.76. The Morgan fingerprint density at radius 2 is 1.80 bits per heavy atom. The number of hydrogen-bond acceptors (Lipinski definition) is 5. The first-order chi connectivity index (χ1) is 16.9. The SMILES string of the molecule is CCCn1c(C)nc2ccc(C(=O)c3nc(-c4cccc(C(N)=O)c4)c4ccccn34)cc2c1=O. The van der Waals surface area contributed by atoms with Gasteiger partial charge in [0.25, 0.3) is 5.56 Å². The summed E-state index contributed by atoms with van der Waals surface area (Å²) in [6.07, 6.45) is 2.56. The van der Waals surface area contributed by atoms with E-state index < -0.39 is 5.91 Å². The van der Waals surface area contributed by atoms with Crippen molar-refractivity contribution < 1.29 is 9.59 Å². The minimum atomic E-state index is -0.541. The van der Waals surface area contributed by atoms with Gasteiger partial charge in [0.05, 0.1) is 22.1 Å². The number of benzene rings is 2. The van der Waals surface area contributed by atoms with Crippen LogP contribution in [0.1, 0.15) is 45.7 Å². The van der Waals surface area contributed by atoms with Crippen LogP contribution in [0, 0.1) is 6.92 Å². The Morgan fingerprint density at radius 1 is 0.971 bits per heavy atom. The van der Waals surface area contributed by atoms with Crippen LogP contribution in [0.25, 0.3) is 27.7 Å². The molecule has 2 N–H and O–H groups in total. The van der Waals surface area contributed by atoms with Gasteiger partial charge in [-0.15, -0.1) is 0 Å². The lowest BCUT2D eigenvalue weighted by Gasteiger charge is -2.10. The Labute approximate surface area is 200 Å². The Kier molecular flexibility index (Phi) is 5.49. The van der Waals surface area contributed by atoms with Crippen molar-refractivity contribution >= 4 is 28.1 Å². The van der Waals surface area contributed by atoms with E-state index in [0.717, 1.165) is 6.42 Å². The number of ketones is 1. The smallest absolute Gasteiger partial charge is 0.261 e. The van der Waals surface area contributed by atoms with Crippen molar-refractivity contribution in [2.45, 2.75) is 26.8 Å². The molecule has 8 nitrogen and oxygen atoms in total. The highest BCUT2D eigenvalue weighted by atomic mass is 16.1. The number of carbonyl (C=O) groups excluding carboxylic acids is 2. The summed E-state index contributed by atoms with van der Waals surface area (Å²) < 4.78 is 3.34. The number of pyridine rings is 1. The molecule has 174 valence electrons. The number of nitrogens with zero attached hydrogens (tertiary/aromatic N) is 4. The second-order valence-corrected chi connectivity index (χ2v) is 8.36. The summed E-state index contributed by atoms with van der Waals surface area (Å²) in [5.41, 5.74) is 8.47. The van der Waals surface area contributed by atoms with Crippen LogP contribution in [0.2, 0.25) is 0 Å². The molecule has 0 saturated carbocycles. The maximum atomic E-state index is 13.6. The van der Waals surface area contributed by atoms with Crippen LogP contribution in [-0.2, 0) is 6.54 Å². The van der Waals surface area contributed by atoms with E-state index in [1.54, 1.807) is 58.5 Å². The van der Waals surface area contributed by atoms with Crippen LogP contribution < -0.4 is 11.3 Å². The van der Waals surface area contributed by atoms with Crippen LogP contribution in [0.15, 0.2) is 71.7 Å². The Morgan fingerprint density at radius 3 is 2.57 bits per heavy atom.